The molecular weight excluding hydrogens is 817 g/mol. The van der Waals surface area contributed by atoms with Crippen LogP contribution in [0.15, 0.2) is 243 Å². The average molecular weight is 857 g/mol. The highest BCUT2D eigenvalue weighted by atomic mass is 28.3. The van der Waals surface area contributed by atoms with Gasteiger partial charge in [-0.15, -0.1) is 0 Å². The Hall–Kier alpha value is -8.69. The van der Waals surface area contributed by atoms with Gasteiger partial charge in [-0.3, -0.25) is 0 Å². The fraction of sp³-hybridized carbons (Fsp3) is 0. The number of para-hydroxylation sites is 4. The standard InChI is InChI=1S/C61H40N4Si/c62-41-42-34-39-50-48-24-10-14-29-54(48)65(59(50)40-42)57-32-17-31-56-60(57)52-26-12-15-30-55(52)64(56)58-33-16-27-51-49-25-11-13-28-53(49)63(61(51)58)43-35-37-47(38-36-43)66(44-18-4-1-5-19-44,45-20-6-2-7-21-45)46-22-8-3-9-23-46/h1-40H. The normalized spacial score (nSPS) is 11.9. The van der Waals surface area contributed by atoms with Gasteiger partial charge in [-0.05, 0) is 81.4 Å². The zero-order valence-electron chi connectivity index (χ0n) is 35.9. The Morgan fingerprint density at radius 2 is 0.758 bits per heavy atom. The van der Waals surface area contributed by atoms with Gasteiger partial charge in [-0.1, -0.05) is 182 Å². The molecule has 10 aromatic carbocycles. The van der Waals surface area contributed by atoms with Gasteiger partial charge >= 0.3 is 0 Å². The largest absolute Gasteiger partial charge is 0.308 e. The van der Waals surface area contributed by atoms with E-state index in [0.29, 0.717) is 5.56 Å². The van der Waals surface area contributed by atoms with Crippen molar-refractivity contribution in [3.05, 3.63) is 248 Å². The molecule has 66 heavy (non-hydrogen) atoms. The lowest BCUT2D eigenvalue weighted by Crippen LogP contribution is -2.74. The van der Waals surface area contributed by atoms with Crippen LogP contribution in [0.25, 0.3) is 82.5 Å². The Morgan fingerprint density at radius 3 is 1.38 bits per heavy atom. The van der Waals surface area contributed by atoms with Crippen molar-refractivity contribution in [3.8, 4) is 23.1 Å². The van der Waals surface area contributed by atoms with Crippen molar-refractivity contribution in [3.63, 3.8) is 0 Å². The van der Waals surface area contributed by atoms with E-state index in [1.165, 1.54) is 36.9 Å². The fourth-order valence-electron chi connectivity index (χ4n) is 11.1. The molecule has 0 unspecified atom stereocenters. The van der Waals surface area contributed by atoms with Crippen LogP contribution >= 0.6 is 0 Å². The lowest BCUT2D eigenvalue weighted by Gasteiger charge is -2.34. The van der Waals surface area contributed by atoms with E-state index in [4.69, 9.17) is 0 Å². The molecule has 0 atom stereocenters. The van der Waals surface area contributed by atoms with Crippen molar-refractivity contribution in [2.24, 2.45) is 0 Å². The van der Waals surface area contributed by atoms with Crippen molar-refractivity contribution in [1.29, 1.82) is 5.26 Å². The second kappa shape index (κ2) is 15.0. The number of aromatic nitrogens is 3. The Bertz CT molecular complexity index is 3950. The molecule has 0 amide bonds. The second-order valence-electron chi connectivity index (χ2n) is 17.1. The van der Waals surface area contributed by atoms with Gasteiger partial charge in [0.15, 0.2) is 8.07 Å². The van der Waals surface area contributed by atoms with Crippen LogP contribution < -0.4 is 20.7 Å². The van der Waals surface area contributed by atoms with E-state index < -0.39 is 8.07 Å². The molecule has 0 aliphatic carbocycles. The number of fused-ring (bicyclic) bond motifs is 9. The smallest absolute Gasteiger partial charge is 0.179 e. The van der Waals surface area contributed by atoms with Crippen LogP contribution in [-0.4, -0.2) is 21.8 Å². The van der Waals surface area contributed by atoms with E-state index in [0.717, 1.165) is 66.3 Å². The molecule has 13 aromatic rings. The van der Waals surface area contributed by atoms with Gasteiger partial charge in [0.05, 0.1) is 56.1 Å². The fourth-order valence-corrected chi connectivity index (χ4v) is 15.9. The SMILES string of the molecule is N#Cc1ccc2c3ccccc3n(-c3cccc4c3c3ccccc3n4-c3cccc4c5ccccc5n(-c5ccc([Si](c6ccccc6)(c6ccccc6)c6ccccc6)cc5)c34)c2c1. The molecule has 0 fully saturated rings. The average Bonchev–Trinajstić information content (AvgIpc) is 4.03. The van der Waals surface area contributed by atoms with Gasteiger partial charge in [0.25, 0.3) is 0 Å². The van der Waals surface area contributed by atoms with Crippen LogP contribution in [0.5, 0.6) is 0 Å². The lowest BCUT2D eigenvalue weighted by molar-refractivity contribution is 1.13. The predicted octanol–water partition coefficient (Wildman–Crippen LogP) is 12.2. The third-order valence-electron chi connectivity index (χ3n) is 13.8. The number of nitrogens with zero attached hydrogens (tertiary/aromatic N) is 4. The number of benzene rings is 10. The van der Waals surface area contributed by atoms with Crippen molar-refractivity contribution in [1.82, 2.24) is 13.7 Å². The van der Waals surface area contributed by atoms with Crippen molar-refractivity contribution in [2.45, 2.75) is 0 Å². The lowest BCUT2D eigenvalue weighted by atomic mass is 10.1. The summed E-state index contributed by atoms with van der Waals surface area (Å²) in [4.78, 5) is 0. The summed E-state index contributed by atoms with van der Waals surface area (Å²) in [5.74, 6) is 0. The summed E-state index contributed by atoms with van der Waals surface area (Å²) in [6, 6.07) is 90.9. The first-order chi connectivity index (χ1) is 32.7. The molecule has 3 heterocycles. The highest BCUT2D eigenvalue weighted by Crippen LogP contribution is 2.43. The maximum Gasteiger partial charge on any atom is 0.179 e. The molecule has 0 aliphatic heterocycles. The first-order valence-corrected chi connectivity index (χ1v) is 24.5. The zero-order valence-corrected chi connectivity index (χ0v) is 36.9. The minimum Gasteiger partial charge on any atom is -0.308 e. The van der Waals surface area contributed by atoms with E-state index >= 15 is 0 Å². The van der Waals surface area contributed by atoms with Crippen LogP contribution in [0.2, 0.25) is 0 Å². The summed E-state index contributed by atoms with van der Waals surface area (Å²) in [7, 11) is -2.73. The van der Waals surface area contributed by atoms with Gasteiger partial charge < -0.3 is 13.7 Å². The maximum absolute atomic E-state index is 10.0. The summed E-state index contributed by atoms with van der Waals surface area (Å²) in [5.41, 5.74) is 10.6. The second-order valence-corrected chi connectivity index (χ2v) is 21.0. The molecule has 0 N–H and O–H groups in total. The van der Waals surface area contributed by atoms with E-state index in [-0.39, 0.29) is 0 Å². The first kappa shape index (κ1) is 37.8. The van der Waals surface area contributed by atoms with Gasteiger partial charge in [0.1, 0.15) is 0 Å². The van der Waals surface area contributed by atoms with Crippen LogP contribution in [0.4, 0.5) is 0 Å². The van der Waals surface area contributed by atoms with Gasteiger partial charge in [0, 0.05) is 38.0 Å². The summed E-state index contributed by atoms with van der Waals surface area (Å²) in [6.45, 7) is 0. The molecule has 4 nitrogen and oxygen atoms in total. The van der Waals surface area contributed by atoms with Crippen molar-refractivity contribution >= 4 is 94.2 Å². The molecule has 5 heteroatoms. The quantitative estimate of drug-likeness (QED) is 0.116. The Kier molecular flexibility index (Phi) is 8.57. The number of nitriles is 1. The predicted molar refractivity (Wildman–Crippen MR) is 278 cm³/mol. The van der Waals surface area contributed by atoms with Gasteiger partial charge in [-0.2, -0.15) is 5.26 Å². The number of hydrogen-bond acceptors (Lipinski definition) is 1. The third kappa shape index (κ3) is 5.43. The molecule has 0 radical (unpaired) electrons. The molecule has 0 aliphatic rings. The van der Waals surface area contributed by atoms with Crippen LogP contribution in [0.1, 0.15) is 5.56 Å². The van der Waals surface area contributed by atoms with E-state index in [9.17, 15) is 5.26 Å². The Labute approximate surface area is 382 Å². The highest BCUT2D eigenvalue weighted by molar-refractivity contribution is 7.19. The summed E-state index contributed by atoms with van der Waals surface area (Å²) in [6.07, 6.45) is 0. The van der Waals surface area contributed by atoms with E-state index in [1.807, 2.05) is 12.1 Å². The Balaban J connectivity index is 1.08. The molecule has 308 valence electrons. The van der Waals surface area contributed by atoms with E-state index in [1.54, 1.807) is 0 Å². The topological polar surface area (TPSA) is 38.6 Å². The van der Waals surface area contributed by atoms with Gasteiger partial charge in [0.2, 0.25) is 0 Å². The minimum atomic E-state index is -2.73. The minimum absolute atomic E-state index is 0.641. The highest BCUT2D eigenvalue weighted by Gasteiger charge is 2.41. The van der Waals surface area contributed by atoms with Crippen LogP contribution in [0.3, 0.4) is 0 Å². The molecule has 0 saturated carbocycles. The zero-order chi connectivity index (χ0) is 43.8. The first-order valence-electron chi connectivity index (χ1n) is 22.5. The molecule has 0 bridgehead atoms. The summed E-state index contributed by atoms with van der Waals surface area (Å²) in [5, 5.41) is 22.5. The molecular formula is C61H40N4Si. The molecule has 13 rings (SSSR count). The third-order valence-corrected chi connectivity index (χ3v) is 18.6. The van der Waals surface area contributed by atoms with Crippen molar-refractivity contribution < 1.29 is 0 Å². The summed E-state index contributed by atoms with van der Waals surface area (Å²) >= 11 is 0. The monoisotopic (exact) mass is 856 g/mol. The maximum atomic E-state index is 10.0. The molecule has 3 aromatic heterocycles. The van der Waals surface area contributed by atoms with Gasteiger partial charge in [-0.25, -0.2) is 0 Å². The van der Waals surface area contributed by atoms with Crippen LogP contribution in [0, 0.1) is 11.3 Å². The van der Waals surface area contributed by atoms with Crippen LogP contribution in [-0.2, 0) is 0 Å². The number of rotatable bonds is 7. The molecule has 0 spiro atoms. The summed E-state index contributed by atoms with van der Waals surface area (Å²) < 4.78 is 7.29. The van der Waals surface area contributed by atoms with Crippen molar-refractivity contribution in [2.75, 3.05) is 0 Å². The Morgan fingerprint density at radius 1 is 0.318 bits per heavy atom. The number of hydrogen-bond donors (Lipinski definition) is 0. The van der Waals surface area contributed by atoms with E-state index in [2.05, 4.69) is 250 Å². The molecule has 0 saturated heterocycles.